The van der Waals surface area contributed by atoms with E-state index in [0.29, 0.717) is 12.4 Å². The molecule has 4 rings (SSSR count). The fourth-order valence-electron chi connectivity index (χ4n) is 3.01. The second-order valence-corrected chi connectivity index (χ2v) is 6.37. The van der Waals surface area contributed by atoms with Crippen molar-refractivity contribution in [3.63, 3.8) is 0 Å². The van der Waals surface area contributed by atoms with Crippen LogP contribution < -0.4 is 5.32 Å². The maximum absolute atomic E-state index is 6.15. The number of pyridine rings is 1. The Morgan fingerprint density at radius 1 is 0.846 bits per heavy atom. The molecule has 0 bridgehead atoms. The van der Waals surface area contributed by atoms with Crippen molar-refractivity contribution >= 4 is 28.3 Å². The van der Waals surface area contributed by atoms with E-state index in [9.17, 15) is 0 Å². The summed E-state index contributed by atoms with van der Waals surface area (Å²) >= 11 is 6.15. The zero-order valence-corrected chi connectivity index (χ0v) is 15.0. The molecule has 0 aliphatic carbocycles. The Hall–Kier alpha value is -2.98. The van der Waals surface area contributed by atoms with Crippen molar-refractivity contribution in [3.8, 4) is 11.1 Å². The smallest absolute Gasteiger partial charge is 0.224 e. The molecule has 0 radical (unpaired) electrons. The van der Waals surface area contributed by atoms with Crippen LogP contribution in [-0.4, -0.2) is 15.0 Å². The maximum atomic E-state index is 6.15. The molecule has 0 aliphatic heterocycles. The minimum absolute atomic E-state index is 0.224. The molecule has 0 amide bonds. The lowest BCUT2D eigenvalue weighted by Crippen LogP contribution is -2.05. The molecule has 5 heteroatoms. The topological polar surface area (TPSA) is 50.7 Å². The fourth-order valence-corrected chi connectivity index (χ4v) is 3.19. The molecule has 26 heavy (non-hydrogen) atoms. The normalized spacial score (nSPS) is 10.8. The van der Waals surface area contributed by atoms with Crippen molar-refractivity contribution in [1.82, 2.24) is 15.0 Å². The molecule has 0 spiro atoms. The van der Waals surface area contributed by atoms with Gasteiger partial charge in [-0.25, -0.2) is 9.97 Å². The molecule has 0 unspecified atom stereocenters. The molecule has 0 aliphatic rings. The molecule has 0 atom stereocenters. The van der Waals surface area contributed by atoms with E-state index in [4.69, 9.17) is 11.6 Å². The fraction of sp³-hybridized carbons (Fsp3) is 0.0952. The molecule has 4 nitrogen and oxygen atoms in total. The largest absolute Gasteiger partial charge is 0.364 e. The Bertz CT molecular complexity index is 1060. The van der Waals surface area contributed by atoms with Crippen LogP contribution in [0.3, 0.4) is 0 Å². The standard InChI is InChI=1S/C21H17ClN4/c1-14-7-5-10-16(24-14)13-23-20-19-17(15-8-3-2-4-9-15)11-6-12-18(19)25-21(22)26-20/h2-12H,13H2,1H3,(H,23,25,26). The van der Waals surface area contributed by atoms with Gasteiger partial charge >= 0.3 is 0 Å². The highest BCUT2D eigenvalue weighted by atomic mass is 35.5. The van der Waals surface area contributed by atoms with Gasteiger partial charge < -0.3 is 5.32 Å². The first-order chi connectivity index (χ1) is 12.7. The van der Waals surface area contributed by atoms with Crippen LogP contribution in [0.15, 0.2) is 66.7 Å². The minimum Gasteiger partial charge on any atom is -0.364 e. The summed E-state index contributed by atoms with van der Waals surface area (Å²) in [5, 5.41) is 4.56. The molecule has 0 saturated carbocycles. The van der Waals surface area contributed by atoms with Crippen LogP contribution in [-0.2, 0) is 6.54 Å². The monoisotopic (exact) mass is 360 g/mol. The quantitative estimate of drug-likeness (QED) is 0.504. The first-order valence-corrected chi connectivity index (χ1v) is 8.76. The highest BCUT2D eigenvalue weighted by Crippen LogP contribution is 2.33. The molecule has 128 valence electrons. The van der Waals surface area contributed by atoms with Gasteiger partial charge in [0.25, 0.3) is 0 Å². The summed E-state index contributed by atoms with van der Waals surface area (Å²) in [5.74, 6) is 0.711. The van der Waals surface area contributed by atoms with E-state index in [-0.39, 0.29) is 5.28 Å². The highest BCUT2D eigenvalue weighted by Gasteiger charge is 2.12. The van der Waals surface area contributed by atoms with Crippen LogP contribution >= 0.6 is 11.6 Å². The van der Waals surface area contributed by atoms with Crippen LogP contribution in [0.4, 0.5) is 5.82 Å². The summed E-state index contributed by atoms with van der Waals surface area (Å²) in [6.45, 7) is 2.54. The maximum Gasteiger partial charge on any atom is 0.224 e. The van der Waals surface area contributed by atoms with Crippen LogP contribution in [0, 0.1) is 6.92 Å². The number of anilines is 1. The Kier molecular flexibility index (Phi) is 4.50. The van der Waals surface area contributed by atoms with Crippen LogP contribution in [0.2, 0.25) is 5.28 Å². The van der Waals surface area contributed by atoms with Crippen LogP contribution in [0.1, 0.15) is 11.4 Å². The zero-order valence-electron chi connectivity index (χ0n) is 14.3. The predicted molar refractivity (Wildman–Crippen MR) is 106 cm³/mol. The van der Waals surface area contributed by atoms with E-state index in [1.807, 2.05) is 55.5 Å². The van der Waals surface area contributed by atoms with E-state index >= 15 is 0 Å². The van der Waals surface area contributed by atoms with Gasteiger partial charge in [-0.05, 0) is 47.9 Å². The third-order valence-electron chi connectivity index (χ3n) is 4.16. The minimum atomic E-state index is 0.224. The summed E-state index contributed by atoms with van der Waals surface area (Å²) in [4.78, 5) is 13.4. The Balaban J connectivity index is 1.80. The Morgan fingerprint density at radius 3 is 2.46 bits per heavy atom. The van der Waals surface area contributed by atoms with E-state index in [1.54, 1.807) is 0 Å². The number of hydrogen-bond donors (Lipinski definition) is 1. The van der Waals surface area contributed by atoms with Gasteiger partial charge in [0.2, 0.25) is 5.28 Å². The number of nitrogens with one attached hydrogen (secondary N) is 1. The van der Waals surface area contributed by atoms with Crippen LogP contribution in [0.5, 0.6) is 0 Å². The van der Waals surface area contributed by atoms with E-state index in [0.717, 1.165) is 33.4 Å². The lowest BCUT2D eigenvalue weighted by atomic mass is 10.0. The highest BCUT2D eigenvalue weighted by molar-refractivity contribution is 6.29. The van der Waals surface area contributed by atoms with Gasteiger partial charge in [0.1, 0.15) is 5.82 Å². The molecule has 0 fully saturated rings. The van der Waals surface area contributed by atoms with Crippen molar-refractivity contribution in [2.45, 2.75) is 13.5 Å². The first kappa shape index (κ1) is 16.5. The van der Waals surface area contributed by atoms with Gasteiger partial charge in [0, 0.05) is 5.69 Å². The SMILES string of the molecule is Cc1cccc(CNc2nc(Cl)nc3cccc(-c4ccccc4)c23)n1. The van der Waals surface area contributed by atoms with Crippen molar-refractivity contribution in [3.05, 3.63) is 83.4 Å². The molecular formula is C21H17ClN4. The summed E-state index contributed by atoms with van der Waals surface area (Å²) in [6.07, 6.45) is 0. The van der Waals surface area contributed by atoms with Crippen molar-refractivity contribution in [2.75, 3.05) is 5.32 Å². The summed E-state index contributed by atoms with van der Waals surface area (Å²) in [5.41, 5.74) is 4.93. The van der Waals surface area contributed by atoms with Gasteiger partial charge in [-0.15, -0.1) is 0 Å². The lowest BCUT2D eigenvalue weighted by Gasteiger charge is -2.13. The zero-order chi connectivity index (χ0) is 17.9. The molecule has 2 heterocycles. The third kappa shape index (κ3) is 3.37. The van der Waals surface area contributed by atoms with Crippen molar-refractivity contribution in [1.29, 1.82) is 0 Å². The molecule has 2 aromatic carbocycles. The van der Waals surface area contributed by atoms with Crippen LogP contribution in [0.25, 0.3) is 22.0 Å². The Labute approximate surface area is 156 Å². The summed E-state index contributed by atoms with van der Waals surface area (Å²) < 4.78 is 0. The van der Waals surface area contributed by atoms with Gasteiger partial charge in [0.15, 0.2) is 0 Å². The summed E-state index contributed by atoms with van der Waals surface area (Å²) in [7, 11) is 0. The number of nitrogens with zero attached hydrogens (tertiary/aromatic N) is 3. The average Bonchev–Trinajstić information content (AvgIpc) is 2.66. The van der Waals surface area contributed by atoms with E-state index in [2.05, 4.69) is 38.5 Å². The van der Waals surface area contributed by atoms with Gasteiger partial charge in [0.05, 0.1) is 23.1 Å². The number of hydrogen-bond acceptors (Lipinski definition) is 4. The molecule has 1 N–H and O–H groups in total. The predicted octanol–water partition coefficient (Wildman–Crippen LogP) is 5.27. The number of rotatable bonds is 4. The third-order valence-corrected chi connectivity index (χ3v) is 4.33. The van der Waals surface area contributed by atoms with E-state index < -0.39 is 0 Å². The number of aromatic nitrogens is 3. The van der Waals surface area contributed by atoms with Gasteiger partial charge in [-0.1, -0.05) is 48.5 Å². The molecule has 4 aromatic rings. The first-order valence-electron chi connectivity index (χ1n) is 8.39. The second-order valence-electron chi connectivity index (χ2n) is 6.03. The van der Waals surface area contributed by atoms with E-state index in [1.165, 1.54) is 0 Å². The lowest BCUT2D eigenvalue weighted by molar-refractivity contribution is 1.00. The van der Waals surface area contributed by atoms with Gasteiger partial charge in [-0.3, -0.25) is 4.98 Å². The number of aryl methyl sites for hydroxylation is 1. The second kappa shape index (κ2) is 7.10. The van der Waals surface area contributed by atoms with Crippen molar-refractivity contribution < 1.29 is 0 Å². The number of halogens is 1. The summed E-state index contributed by atoms with van der Waals surface area (Å²) in [6, 6.07) is 22.2. The Morgan fingerprint density at radius 2 is 1.65 bits per heavy atom. The van der Waals surface area contributed by atoms with Crippen molar-refractivity contribution in [2.24, 2.45) is 0 Å². The number of fused-ring (bicyclic) bond motifs is 1. The molecule has 2 aromatic heterocycles. The average molecular weight is 361 g/mol. The number of benzene rings is 2. The van der Waals surface area contributed by atoms with Gasteiger partial charge in [-0.2, -0.15) is 0 Å². The molecule has 0 saturated heterocycles. The molecular weight excluding hydrogens is 344 g/mol.